The molecule has 0 spiro atoms. The van der Waals surface area contributed by atoms with Crippen molar-refractivity contribution in [2.75, 3.05) is 41.0 Å². The summed E-state index contributed by atoms with van der Waals surface area (Å²) < 4.78 is 17.5. The molecular weight excluding hydrogens is 871 g/mol. The van der Waals surface area contributed by atoms with Crippen molar-refractivity contribution in [2.24, 2.45) is 0 Å². The maximum absolute atomic E-state index is 12.9. The van der Waals surface area contributed by atoms with Gasteiger partial charge in [0.15, 0.2) is 12.1 Å². The second kappa shape index (κ2) is 53.4. The van der Waals surface area contributed by atoms with Crippen LogP contribution in [0.5, 0.6) is 0 Å². The highest BCUT2D eigenvalue weighted by molar-refractivity contribution is 5.72. The number of hydrogen-bond donors (Lipinski definition) is 1. The van der Waals surface area contributed by atoms with Crippen molar-refractivity contribution < 1.29 is 38.2 Å². The van der Waals surface area contributed by atoms with Crippen molar-refractivity contribution >= 4 is 17.9 Å². The lowest BCUT2D eigenvalue weighted by atomic mass is 10.0. The van der Waals surface area contributed by atoms with Crippen LogP contribution >= 0.6 is 0 Å². The summed E-state index contributed by atoms with van der Waals surface area (Å²) >= 11 is 0. The Bertz CT molecular complexity index is 1150. The van der Waals surface area contributed by atoms with Crippen LogP contribution in [0.25, 0.3) is 0 Å². The number of nitrogens with zero attached hydrogens (tertiary/aromatic N) is 1. The summed E-state index contributed by atoms with van der Waals surface area (Å²) in [4.78, 5) is 37.3. The van der Waals surface area contributed by atoms with Crippen LogP contribution < -0.4 is 0 Å². The van der Waals surface area contributed by atoms with Gasteiger partial charge in [-0.1, -0.05) is 270 Å². The first-order valence-corrected chi connectivity index (χ1v) is 30.7. The first-order valence-electron chi connectivity index (χ1n) is 30.7. The third-order valence-corrected chi connectivity index (χ3v) is 14.4. The Balaban J connectivity index is 4.09. The summed E-state index contributed by atoms with van der Waals surface area (Å²) in [7, 11) is 5.56. The molecule has 0 saturated heterocycles. The highest BCUT2D eigenvalue weighted by Gasteiger charge is 2.31. The smallest absolute Gasteiger partial charge is 0.362 e. The van der Waals surface area contributed by atoms with Gasteiger partial charge >= 0.3 is 17.9 Å². The molecule has 8 heteroatoms. The summed E-state index contributed by atoms with van der Waals surface area (Å²) in [6, 6.07) is -0.613. The summed E-state index contributed by atoms with van der Waals surface area (Å²) in [5.74, 6) is -1.44. The van der Waals surface area contributed by atoms with Gasteiger partial charge in [0.25, 0.3) is 0 Å². The van der Waals surface area contributed by atoms with E-state index in [-0.39, 0.29) is 36.2 Å². The van der Waals surface area contributed by atoms with Crippen LogP contribution in [0.2, 0.25) is 0 Å². The lowest BCUT2D eigenvalue weighted by molar-refractivity contribution is -0.887. The first-order chi connectivity index (χ1) is 34.1. The number of allylic oxidation sites excluding steroid dienone is 2. The van der Waals surface area contributed by atoms with Crippen LogP contribution in [0.3, 0.4) is 0 Å². The number of carbonyl (C=O) groups excluding carboxylic acids is 2. The third-order valence-electron chi connectivity index (χ3n) is 14.4. The van der Waals surface area contributed by atoms with Gasteiger partial charge < -0.3 is 23.8 Å². The van der Waals surface area contributed by atoms with Gasteiger partial charge in [-0.3, -0.25) is 9.59 Å². The molecule has 414 valence electrons. The third kappa shape index (κ3) is 51.0. The van der Waals surface area contributed by atoms with Crippen molar-refractivity contribution in [1.29, 1.82) is 0 Å². The van der Waals surface area contributed by atoms with E-state index in [0.29, 0.717) is 19.3 Å². The Morgan fingerprint density at radius 1 is 0.414 bits per heavy atom. The predicted molar refractivity (Wildman–Crippen MR) is 299 cm³/mol. The van der Waals surface area contributed by atoms with Gasteiger partial charge in [0.1, 0.15) is 6.61 Å². The molecule has 8 nitrogen and oxygen atoms in total. The molecule has 0 fully saturated rings. The largest absolute Gasteiger partial charge is 0.477 e. The Kier molecular flexibility index (Phi) is 51.9. The molecule has 0 amide bonds. The zero-order chi connectivity index (χ0) is 51.3. The molecule has 0 aromatic carbocycles. The van der Waals surface area contributed by atoms with Gasteiger partial charge in [0.2, 0.25) is 0 Å². The molecule has 0 aliphatic carbocycles. The number of likely N-dealkylation sites (N-methyl/N-ethyl adjacent to an activating group) is 1. The maximum atomic E-state index is 12.9. The number of ether oxygens (including phenoxy) is 3. The number of rotatable bonds is 57. The van der Waals surface area contributed by atoms with Crippen molar-refractivity contribution in [2.45, 2.75) is 328 Å². The summed E-state index contributed by atoms with van der Waals surface area (Å²) in [6.45, 7) is 4.81. The lowest BCUT2D eigenvalue weighted by Crippen LogP contribution is -2.50. The standard InChI is InChI=1S/C62H119NO7/c1-6-8-10-12-14-16-18-20-22-24-26-28-30-32-34-36-38-40-42-44-46-48-50-52-60(64)69-57-58(56-68-55-54-59(62(66)67)63(3,4)5)70-61(65)53-51-49-47-45-43-41-39-37-35-33-31-29-27-25-23-21-19-17-15-13-11-9-7-2/h33,35,58-59H,6-32,34,36-57H2,1-5H3/p+1/b35-33+. The van der Waals surface area contributed by atoms with E-state index in [2.05, 4.69) is 26.0 Å². The molecule has 0 saturated carbocycles. The van der Waals surface area contributed by atoms with E-state index in [9.17, 15) is 19.5 Å². The summed E-state index contributed by atoms with van der Waals surface area (Å²) in [5, 5.41) is 9.69. The van der Waals surface area contributed by atoms with Gasteiger partial charge in [-0.05, 0) is 38.5 Å². The topological polar surface area (TPSA) is 99.1 Å². The van der Waals surface area contributed by atoms with Crippen LogP contribution in [-0.4, -0.2) is 80.6 Å². The lowest BCUT2D eigenvalue weighted by Gasteiger charge is -2.31. The molecule has 0 heterocycles. The molecule has 70 heavy (non-hydrogen) atoms. The van der Waals surface area contributed by atoms with Crippen LogP contribution in [-0.2, 0) is 28.6 Å². The number of aliphatic carboxylic acids is 1. The number of carboxylic acid groups (broad SMARTS) is 1. The van der Waals surface area contributed by atoms with Crippen LogP contribution in [0.1, 0.15) is 316 Å². The molecule has 1 N–H and O–H groups in total. The quantitative estimate of drug-likeness (QED) is 0.0280. The van der Waals surface area contributed by atoms with Gasteiger partial charge in [0.05, 0.1) is 34.4 Å². The molecule has 0 aliphatic rings. The average Bonchev–Trinajstić information content (AvgIpc) is 3.33. The van der Waals surface area contributed by atoms with Gasteiger partial charge in [-0.25, -0.2) is 4.79 Å². The van der Waals surface area contributed by atoms with Crippen molar-refractivity contribution in [3.05, 3.63) is 12.2 Å². The second-order valence-electron chi connectivity index (χ2n) is 22.3. The Morgan fingerprint density at radius 2 is 0.714 bits per heavy atom. The van der Waals surface area contributed by atoms with E-state index in [1.54, 1.807) is 0 Å². The highest BCUT2D eigenvalue weighted by Crippen LogP contribution is 2.18. The monoisotopic (exact) mass is 991 g/mol. The fraction of sp³-hybridized carbons (Fsp3) is 0.919. The fourth-order valence-corrected chi connectivity index (χ4v) is 9.68. The fourth-order valence-electron chi connectivity index (χ4n) is 9.68. The zero-order valence-corrected chi connectivity index (χ0v) is 47.5. The predicted octanol–water partition coefficient (Wildman–Crippen LogP) is 18.5. The summed E-state index contributed by atoms with van der Waals surface area (Å²) in [6.07, 6.45) is 62.9. The van der Waals surface area contributed by atoms with Gasteiger partial charge in [0, 0.05) is 19.3 Å². The number of carboxylic acids is 1. The summed E-state index contributed by atoms with van der Waals surface area (Å²) in [5.41, 5.74) is 0. The first kappa shape index (κ1) is 68.1. The van der Waals surface area contributed by atoms with Gasteiger partial charge in [-0.15, -0.1) is 0 Å². The second-order valence-corrected chi connectivity index (χ2v) is 22.3. The van der Waals surface area contributed by atoms with E-state index >= 15 is 0 Å². The van der Waals surface area contributed by atoms with Crippen molar-refractivity contribution in [1.82, 2.24) is 0 Å². The zero-order valence-electron chi connectivity index (χ0n) is 47.5. The number of unbranched alkanes of at least 4 members (excludes halogenated alkanes) is 41. The molecule has 0 radical (unpaired) electrons. The number of quaternary nitrogens is 1. The van der Waals surface area contributed by atoms with E-state index in [1.165, 1.54) is 244 Å². The van der Waals surface area contributed by atoms with Crippen LogP contribution in [0.15, 0.2) is 12.2 Å². The van der Waals surface area contributed by atoms with Crippen molar-refractivity contribution in [3.8, 4) is 0 Å². The highest BCUT2D eigenvalue weighted by atomic mass is 16.6. The minimum absolute atomic E-state index is 0.0454. The number of hydrogen-bond acceptors (Lipinski definition) is 6. The average molecular weight is 992 g/mol. The van der Waals surface area contributed by atoms with E-state index in [0.717, 1.165) is 38.5 Å². The van der Waals surface area contributed by atoms with Crippen molar-refractivity contribution in [3.63, 3.8) is 0 Å². The molecule has 0 aromatic heterocycles. The molecule has 0 aromatic rings. The van der Waals surface area contributed by atoms with Crippen LogP contribution in [0, 0.1) is 0 Å². The minimum Gasteiger partial charge on any atom is -0.477 e. The molecular formula is C62H120NO7+. The molecule has 2 atom stereocenters. The Labute approximate surface area is 435 Å². The number of carbonyl (C=O) groups is 3. The van der Waals surface area contributed by atoms with E-state index in [4.69, 9.17) is 14.2 Å². The molecule has 2 unspecified atom stereocenters. The van der Waals surface area contributed by atoms with Crippen LogP contribution in [0.4, 0.5) is 0 Å². The van der Waals surface area contributed by atoms with E-state index < -0.39 is 18.1 Å². The number of esters is 2. The Morgan fingerprint density at radius 3 is 1.03 bits per heavy atom. The maximum Gasteiger partial charge on any atom is 0.362 e. The molecule has 0 bridgehead atoms. The normalized spacial score (nSPS) is 12.8. The van der Waals surface area contributed by atoms with E-state index in [1.807, 2.05) is 21.1 Å². The van der Waals surface area contributed by atoms with Gasteiger partial charge in [-0.2, -0.15) is 0 Å². The molecule has 0 rings (SSSR count). The minimum atomic E-state index is -0.869. The molecule has 0 aliphatic heterocycles. The Hall–Kier alpha value is -1.93. The SMILES string of the molecule is CCCCCCCCCCCCCC/C=C/CCCCCCCCCC(=O)OC(COCCC(C(=O)O)[N+](C)(C)C)COC(=O)CCCCCCCCCCCCCCCCCCCCCCCCC.